The smallest absolute Gasteiger partial charge is 0.191 e. The Kier molecular flexibility index (Phi) is 11.7. The van der Waals surface area contributed by atoms with E-state index in [1.54, 1.807) is 0 Å². The summed E-state index contributed by atoms with van der Waals surface area (Å²) >= 11 is 0. The van der Waals surface area contributed by atoms with Gasteiger partial charge < -0.3 is 20.5 Å². The predicted molar refractivity (Wildman–Crippen MR) is 123 cm³/mol. The van der Waals surface area contributed by atoms with Gasteiger partial charge in [-0.3, -0.25) is 4.99 Å². The highest BCUT2D eigenvalue weighted by molar-refractivity contribution is 14.0. The summed E-state index contributed by atoms with van der Waals surface area (Å²) < 4.78 is 5.57. The summed E-state index contributed by atoms with van der Waals surface area (Å²) in [5.74, 6) is 2.97. The quantitative estimate of drug-likeness (QED) is 0.268. The Bertz CT molecular complexity index is 579. The van der Waals surface area contributed by atoms with E-state index < -0.39 is 0 Å². The van der Waals surface area contributed by atoms with Crippen molar-refractivity contribution in [2.75, 3.05) is 32.8 Å². The lowest BCUT2D eigenvalue weighted by molar-refractivity contribution is 0.245. The number of fused-ring (bicyclic) bond motifs is 1. The molecule has 0 saturated carbocycles. The van der Waals surface area contributed by atoms with Crippen molar-refractivity contribution in [2.45, 2.75) is 46.5 Å². The Morgan fingerprint density at radius 3 is 2.81 bits per heavy atom. The third kappa shape index (κ3) is 8.68. The minimum atomic E-state index is 0. The Labute approximate surface area is 181 Å². The maximum Gasteiger partial charge on any atom is 0.191 e. The minimum absolute atomic E-state index is 0. The van der Waals surface area contributed by atoms with Gasteiger partial charge in [0.25, 0.3) is 0 Å². The molecule has 0 aromatic heterocycles. The van der Waals surface area contributed by atoms with E-state index in [1.807, 2.05) is 0 Å². The van der Waals surface area contributed by atoms with E-state index in [-0.39, 0.29) is 30.6 Å². The SMILES string of the molecule is CCNC(=NCC(CCO)CC(C)C)NCCc1ccc2c(c1)CCO2.I. The first kappa shape index (κ1) is 24.0. The highest BCUT2D eigenvalue weighted by atomic mass is 127. The number of aliphatic hydroxyl groups excluding tert-OH is 1. The zero-order valence-corrected chi connectivity index (χ0v) is 19.3. The number of nitrogens with zero attached hydrogens (tertiary/aromatic N) is 1. The van der Waals surface area contributed by atoms with Gasteiger partial charge >= 0.3 is 0 Å². The van der Waals surface area contributed by atoms with Gasteiger partial charge in [0.15, 0.2) is 5.96 Å². The maximum atomic E-state index is 9.26. The van der Waals surface area contributed by atoms with Gasteiger partial charge in [0.1, 0.15) is 5.75 Å². The van der Waals surface area contributed by atoms with E-state index in [9.17, 15) is 5.11 Å². The largest absolute Gasteiger partial charge is 0.493 e. The Balaban J connectivity index is 0.00000364. The van der Waals surface area contributed by atoms with Crippen LogP contribution in [0.2, 0.25) is 0 Å². The standard InChI is InChI=1S/C21H35N3O2.HI/c1-4-22-21(24-15-18(8-11-25)13-16(2)3)23-10-7-17-5-6-20-19(14-17)9-12-26-20;/h5-6,14,16,18,25H,4,7-13,15H2,1-3H3,(H2,22,23,24);1H. The summed E-state index contributed by atoms with van der Waals surface area (Å²) in [7, 11) is 0. The second kappa shape index (κ2) is 13.2. The molecule has 1 aromatic rings. The first-order chi connectivity index (χ1) is 12.6. The molecule has 0 bridgehead atoms. The van der Waals surface area contributed by atoms with Gasteiger partial charge in [-0.25, -0.2) is 0 Å². The molecule has 0 spiro atoms. The van der Waals surface area contributed by atoms with Gasteiger partial charge in [0.2, 0.25) is 0 Å². The second-order valence-corrected chi connectivity index (χ2v) is 7.44. The van der Waals surface area contributed by atoms with Crippen LogP contribution in [0.5, 0.6) is 5.75 Å². The normalized spacial score (nSPS) is 14.3. The van der Waals surface area contributed by atoms with Crippen molar-refractivity contribution in [3.8, 4) is 5.75 Å². The first-order valence-corrected chi connectivity index (χ1v) is 10.00. The molecule has 1 aliphatic heterocycles. The molecule has 1 heterocycles. The third-order valence-electron chi connectivity index (χ3n) is 4.65. The molecule has 2 rings (SSSR count). The van der Waals surface area contributed by atoms with Crippen molar-refractivity contribution in [1.82, 2.24) is 10.6 Å². The number of ether oxygens (including phenoxy) is 1. The summed E-state index contributed by atoms with van der Waals surface area (Å²) in [6.07, 6.45) is 3.89. The lowest BCUT2D eigenvalue weighted by Crippen LogP contribution is -2.38. The fourth-order valence-corrected chi connectivity index (χ4v) is 3.42. The predicted octanol–water partition coefficient (Wildman–Crippen LogP) is 3.38. The van der Waals surface area contributed by atoms with E-state index in [0.29, 0.717) is 11.8 Å². The Morgan fingerprint density at radius 1 is 1.30 bits per heavy atom. The molecular weight excluding hydrogens is 453 g/mol. The molecule has 154 valence electrons. The molecule has 0 amide bonds. The van der Waals surface area contributed by atoms with Gasteiger partial charge in [-0.1, -0.05) is 26.0 Å². The van der Waals surface area contributed by atoms with E-state index in [1.165, 1.54) is 11.1 Å². The third-order valence-corrected chi connectivity index (χ3v) is 4.65. The fraction of sp³-hybridized carbons (Fsp3) is 0.667. The highest BCUT2D eigenvalue weighted by Crippen LogP contribution is 2.25. The van der Waals surface area contributed by atoms with Gasteiger partial charge in [0, 0.05) is 32.7 Å². The first-order valence-electron chi connectivity index (χ1n) is 10.00. The molecule has 6 heteroatoms. The summed E-state index contributed by atoms with van der Waals surface area (Å²) in [5, 5.41) is 16.0. The summed E-state index contributed by atoms with van der Waals surface area (Å²) in [6.45, 7) is 10.0. The van der Waals surface area contributed by atoms with Crippen LogP contribution in [-0.4, -0.2) is 43.9 Å². The van der Waals surface area contributed by atoms with Crippen LogP contribution in [0.1, 0.15) is 44.7 Å². The average molecular weight is 489 g/mol. The summed E-state index contributed by atoms with van der Waals surface area (Å²) in [4.78, 5) is 4.74. The van der Waals surface area contributed by atoms with Crippen LogP contribution in [0, 0.1) is 11.8 Å². The monoisotopic (exact) mass is 489 g/mol. The summed E-state index contributed by atoms with van der Waals surface area (Å²) in [5.41, 5.74) is 2.65. The van der Waals surface area contributed by atoms with Crippen LogP contribution in [0.25, 0.3) is 0 Å². The molecule has 0 radical (unpaired) electrons. The number of guanidine groups is 1. The molecule has 5 nitrogen and oxygen atoms in total. The molecule has 0 fully saturated rings. The van der Waals surface area contributed by atoms with Crippen molar-refractivity contribution in [1.29, 1.82) is 0 Å². The molecule has 1 atom stereocenters. The number of hydrogen-bond donors (Lipinski definition) is 3. The number of hydrogen-bond acceptors (Lipinski definition) is 3. The highest BCUT2D eigenvalue weighted by Gasteiger charge is 2.12. The number of halogens is 1. The maximum absolute atomic E-state index is 9.26. The number of aliphatic imine (C=N–C) groups is 1. The van der Waals surface area contributed by atoms with Gasteiger partial charge in [-0.2, -0.15) is 0 Å². The van der Waals surface area contributed by atoms with Crippen molar-refractivity contribution < 1.29 is 9.84 Å². The molecule has 0 aliphatic carbocycles. The Morgan fingerprint density at radius 2 is 2.11 bits per heavy atom. The lowest BCUT2D eigenvalue weighted by atomic mass is 9.94. The van der Waals surface area contributed by atoms with Crippen LogP contribution in [0.15, 0.2) is 23.2 Å². The van der Waals surface area contributed by atoms with E-state index in [2.05, 4.69) is 49.6 Å². The number of rotatable bonds is 10. The van der Waals surface area contributed by atoms with Crippen molar-refractivity contribution in [3.63, 3.8) is 0 Å². The molecular formula is C21H36IN3O2. The average Bonchev–Trinajstić information content (AvgIpc) is 3.07. The lowest BCUT2D eigenvalue weighted by Gasteiger charge is -2.17. The topological polar surface area (TPSA) is 65.9 Å². The van der Waals surface area contributed by atoms with E-state index >= 15 is 0 Å². The zero-order chi connectivity index (χ0) is 18.8. The summed E-state index contributed by atoms with van der Waals surface area (Å²) in [6, 6.07) is 6.49. The van der Waals surface area contributed by atoms with Gasteiger partial charge in [0.05, 0.1) is 6.61 Å². The zero-order valence-electron chi connectivity index (χ0n) is 17.0. The van der Waals surface area contributed by atoms with E-state index in [0.717, 1.165) is 63.6 Å². The van der Waals surface area contributed by atoms with E-state index in [4.69, 9.17) is 9.73 Å². The van der Waals surface area contributed by atoms with Crippen LogP contribution < -0.4 is 15.4 Å². The van der Waals surface area contributed by atoms with Gasteiger partial charge in [-0.15, -0.1) is 24.0 Å². The number of nitrogens with one attached hydrogen (secondary N) is 2. The van der Waals surface area contributed by atoms with Crippen LogP contribution in [0.3, 0.4) is 0 Å². The molecule has 1 aliphatic rings. The molecule has 0 saturated heterocycles. The Hall–Kier alpha value is -1.02. The van der Waals surface area contributed by atoms with Crippen molar-refractivity contribution in [3.05, 3.63) is 29.3 Å². The minimum Gasteiger partial charge on any atom is -0.493 e. The molecule has 3 N–H and O–H groups in total. The number of benzene rings is 1. The van der Waals surface area contributed by atoms with Crippen LogP contribution >= 0.6 is 24.0 Å². The molecule has 27 heavy (non-hydrogen) atoms. The second-order valence-electron chi connectivity index (χ2n) is 7.44. The molecule has 1 aromatic carbocycles. The van der Waals surface area contributed by atoms with Gasteiger partial charge in [-0.05, 0) is 55.2 Å². The molecule has 1 unspecified atom stereocenters. The van der Waals surface area contributed by atoms with Crippen LogP contribution in [0.4, 0.5) is 0 Å². The van der Waals surface area contributed by atoms with Crippen molar-refractivity contribution in [2.24, 2.45) is 16.8 Å². The van der Waals surface area contributed by atoms with Crippen LogP contribution in [-0.2, 0) is 12.8 Å². The fourth-order valence-electron chi connectivity index (χ4n) is 3.42. The van der Waals surface area contributed by atoms with Crippen molar-refractivity contribution >= 4 is 29.9 Å². The number of aliphatic hydroxyl groups is 1.